The van der Waals surface area contributed by atoms with Crippen LogP contribution in [0, 0.1) is 17.8 Å². The highest BCUT2D eigenvalue weighted by molar-refractivity contribution is 5.97. The van der Waals surface area contributed by atoms with Crippen LogP contribution in [-0.4, -0.2) is 68.3 Å². The molecule has 3 saturated carbocycles. The van der Waals surface area contributed by atoms with E-state index in [-0.39, 0.29) is 54.6 Å². The third-order valence-electron chi connectivity index (χ3n) is 9.28. The molecule has 3 heterocycles. The summed E-state index contributed by atoms with van der Waals surface area (Å²) < 4.78 is 40.7. The standard InChI is InChI=1S/C29H34F3N7O2/c1-4-23(21-6-5-19(11-22(21)33-3)25(40)34-28-12-18(13-28)14-28)37-8-7-20(17(2)15-37)26(41)38-9-10-39-24(16-38)35-36-27(39)29(30,31)32/h4-6,11,17-18,20H,3,7-10,12-16H2,1-2H3,(H,34,40)/b23-4+/t17-,18?,20+,28?/m1/s1. The fourth-order valence-corrected chi connectivity index (χ4v) is 6.99. The van der Waals surface area contributed by atoms with Gasteiger partial charge in [0.05, 0.1) is 12.2 Å². The summed E-state index contributed by atoms with van der Waals surface area (Å²) in [6.07, 6.45) is 1.25. The molecule has 3 aliphatic carbocycles. The molecular weight excluding hydrogens is 535 g/mol. The van der Waals surface area contributed by atoms with Crippen molar-refractivity contribution >= 4 is 29.9 Å². The van der Waals surface area contributed by atoms with E-state index in [1.54, 1.807) is 11.0 Å². The van der Waals surface area contributed by atoms with Crippen LogP contribution in [0.15, 0.2) is 29.3 Å². The Labute approximate surface area is 236 Å². The summed E-state index contributed by atoms with van der Waals surface area (Å²) in [5.41, 5.74) is 3.02. The number of piperidine rings is 1. The van der Waals surface area contributed by atoms with Gasteiger partial charge in [0.2, 0.25) is 11.7 Å². The molecule has 1 aromatic carbocycles. The number of alkyl halides is 3. The number of allylic oxidation sites excluding steroid dienone is 1. The maximum atomic E-state index is 13.5. The minimum absolute atomic E-state index is 0.00743. The number of amides is 2. The Bertz CT molecular complexity index is 1410. The minimum Gasteiger partial charge on any atom is -0.371 e. The summed E-state index contributed by atoms with van der Waals surface area (Å²) >= 11 is 0. The third-order valence-corrected chi connectivity index (χ3v) is 9.28. The second kappa shape index (κ2) is 9.99. The first-order valence-corrected chi connectivity index (χ1v) is 14.1. The lowest BCUT2D eigenvalue weighted by Gasteiger charge is -2.61. The maximum Gasteiger partial charge on any atom is 0.451 e. The van der Waals surface area contributed by atoms with Gasteiger partial charge in [0.25, 0.3) is 5.91 Å². The summed E-state index contributed by atoms with van der Waals surface area (Å²) in [6, 6.07) is 5.52. The van der Waals surface area contributed by atoms with Gasteiger partial charge in [0, 0.05) is 54.5 Å². The number of nitrogens with zero attached hydrogens (tertiary/aromatic N) is 6. The van der Waals surface area contributed by atoms with E-state index in [1.807, 2.05) is 32.1 Å². The van der Waals surface area contributed by atoms with Gasteiger partial charge < -0.3 is 19.7 Å². The van der Waals surface area contributed by atoms with Gasteiger partial charge in [0.15, 0.2) is 5.82 Å². The molecule has 1 N–H and O–H groups in total. The summed E-state index contributed by atoms with van der Waals surface area (Å²) in [7, 11) is 0. The van der Waals surface area contributed by atoms with Crippen molar-refractivity contribution in [3.63, 3.8) is 0 Å². The molecule has 2 atom stereocenters. The van der Waals surface area contributed by atoms with Crippen molar-refractivity contribution in [2.24, 2.45) is 22.7 Å². The number of rotatable bonds is 6. The fourth-order valence-electron chi connectivity index (χ4n) is 6.99. The molecule has 4 fully saturated rings. The van der Waals surface area contributed by atoms with E-state index >= 15 is 0 Å². The highest BCUT2D eigenvalue weighted by Gasteiger charge is 2.57. The zero-order valence-corrected chi connectivity index (χ0v) is 23.2. The number of benzene rings is 1. The molecular formula is C29H34F3N7O2. The fraction of sp³-hybridized carbons (Fsp3) is 0.552. The van der Waals surface area contributed by atoms with Gasteiger partial charge in [-0.2, -0.15) is 13.2 Å². The van der Waals surface area contributed by atoms with Crippen molar-refractivity contribution in [3.05, 3.63) is 47.1 Å². The van der Waals surface area contributed by atoms with Gasteiger partial charge in [-0.25, -0.2) is 0 Å². The van der Waals surface area contributed by atoms with Crippen LogP contribution in [0.1, 0.15) is 67.1 Å². The second-order valence-corrected chi connectivity index (χ2v) is 11.9. The molecule has 41 heavy (non-hydrogen) atoms. The van der Waals surface area contributed by atoms with Crippen molar-refractivity contribution in [2.75, 3.05) is 19.6 Å². The molecule has 0 radical (unpaired) electrons. The normalized spacial score (nSPS) is 27.4. The van der Waals surface area contributed by atoms with Crippen LogP contribution in [0.4, 0.5) is 18.9 Å². The summed E-state index contributed by atoms with van der Waals surface area (Å²) in [4.78, 5) is 34.4. The van der Waals surface area contributed by atoms with Gasteiger partial charge in [-0.15, -0.1) is 10.2 Å². The Kier molecular flexibility index (Phi) is 6.69. The van der Waals surface area contributed by atoms with Crippen LogP contribution in [0.25, 0.3) is 5.70 Å². The molecule has 1 aromatic heterocycles. The smallest absolute Gasteiger partial charge is 0.371 e. The number of aromatic nitrogens is 3. The lowest BCUT2D eigenvalue weighted by atomic mass is 9.50. The van der Waals surface area contributed by atoms with Gasteiger partial charge >= 0.3 is 6.18 Å². The lowest BCUT2D eigenvalue weighted by molar-refractivity contribution is -0.148. The van der Waals surface area contributed by atoms with Crippen LogP contribution in [0.3, 0.4) is 0 Å². The van der Waals surface area contributed by atoms with E-state index < -0.39 is 12.0 Å². The van der Waals surface area contributed by atoms with E-state index in [0.29, 0.717) is 30.8 Å². The first kappa shape index (κ1) is 27.5. The third kappa shape index (κ3) is 4.80. The largest absolute Gasteiger partial charge is 0.451 e. The molecule has 9 nitrogen and oxygen atoms in total. The van der Waals surface area contributed by atoms with Crippen LogP contribution in [-0.2, 0) is 24.1 Å². The van der Waals surface area contributed by atoms with Crippen molar-refractivity contribution < 1.29 is 22.8 Å². The van der Waals surface area contributed by atoms with Gasteiger partial charge in [-0.1, -0.05) is 13.0 Å². The first-order valence-electron chi connectivity index (χ1n) is 14.1. The Balaban J connectivity index is 1.11. The Morgan fingerprint density at radius 3 is 2.51 bits per heavy atom. The van der Waals surface area contributed by atoms with Gasteiger partial charge in [-0.3, -0.25) is 14.6 Å². The number of hydrogen-bond acceptors (Lipinski definition) is 6. The number of fused-ring (bicyclic) bond motifs is 1. The molecule has 1 saturated heterocycles. The van der Waals surface area contributed by atoms with E-state index in [2.05, 4.69) is 32.1 Å². The van der Waals surface area contributed by atoms with E-state index in [9.17, 15) is 22.8 Å². The van der Waals surface area contributed by atoms with Crippen molar-refractivity contribution in [1.29, 1.82) is 0 Å². The second-order valence-electron chi connectivity index (χ2n) is 11.9. The average molecular weight is 570 g/mol. The van der Waals surface area contributed by atoms with E-state index in [0.717, 1.165) is 41.0 Å². The predicted molar refractivity (Wildman–Crippen MR) is 146 cm³/mol. The van der Waals surface area contributed by atoms with Gasteiger partial charge in [0.1, 0.15) is 0 Å². The number of hydrogen-bond donors (Lipinski definition) is 1. The molecule has 5 aliphatic rings. The highest BCUT2D eigenvalue weighted by Crippen LogP contribution is 2.57. The number of nitrogens with one attached hydrogen (secondary N) is 1. The average Bonchev–Trinajstić information content (AvgIpc) is 3.34. The molecule has 0 spiro atoms. The SMILES string of the molecule is C=Nc1cc(C(=O)NC23CC(C2)C3)ccc1/C(=C\C)N1CC[C@H](C(=O)N2CCn3c(nnc3C(F)(F)F)C2)[C@H](C)C1. The molecule has 0 unspecified atom stereocenters. The maximum absolute atomic E-state index is 13.5. The number of carbonyl (C=O) groups is 2. The van der Waals surface area contributed by atoms with E-state index in [4.69, 9.17) is 0 Å². The molecule has 12 heteroatoms. The minimum atomic E-state index is -4.58. The number of halogens is 3. The Hall–Kier alpha value is -3.70. The van der Waals surface area contributed by atoms with Crippen molar-refractivity contribution in [3.8, 4) is 0 Å². The molecule has 218 valence electrons. The highest BCUT2D eigenvalue weighted by atomic mass is 19.4. The monoisotopic (exact) mass is 569 g/mol. The van der Waals surface area contributed by atoms with Crippen LogP contribution in [0.2, 0.25) is 0 Å². The molecule has 2 bridgehead atoms. The lowest BCUT2D eigenvalue weighted by Crippen LogP contribution is -2.68. The molecule has 2 amide bonds. The predicted octanol–water partition coefficient (Wildman–Crippen LogP) is 4.27. The summed E-state index contributed by atoms with van der Waals surface area (Å²) in [6.45, 7) is 9.21. The number of likely N-dealkylation sites (tertiary alicyclic amines) is 1. The van der Waals surface area contributed by atoms with Crippen LogP contribution >= 0.6 is 0 Å². The zero-order valence-electron chi connectivity index (χ0n) is 23.2. The Morgan fingerprint density at radius 2 is 1.90 bits per heavy atom. The van der Waals surface area contributed by atoms with Crippen molar-refractivity contribution in [2.45, 2.75) is 64.3 Å². The molecule has 2 aliphatic heterocycles. The summed E-state index contributed by atoms with van der Waals surface area (Å²) in [5.74, 6) is -0.471. The quantitative estimate of drug-likeness (QED) is 0.525. The zero-order chi connectivity index (χ0) is 29.1. The van der Waals surface area contributed by atoms with Crippen molar-refractivity contribution in [1.82, 2.24) is 29.9 Å². The number of aliphatic imine (C=N–C) groups is 1. The summed E-state index contributed by atoms with van der Waals surface area (Å²) in [5, 5.41) is 10.2. The molecule has 2 aromatic rings. The first-order chi connectivity index (χ1) is 19.5. The molecule has 7 rings (SSSR count). The van der Waals surface area contributed by atoms with Crippen LogP contribution in [0.5, 0.6) is 0 Å². The Morgan fingerprint density at radius 1 is 1.15 bits per heavy atom. The van der Waals surface area contributed by atoms with E-state index in [1.165, 1.54) is 0 Å². The van der Waals surface area contributed by atoms with Crippen LogP contribution < -0.4 is 5.32 Å². The number of carbonyl (C=O) groups excluding carboxylic acids is 2. The topological polar surface area (TPSA) is 95.7 Å². The van der Waals surface area contributed by atoms with Gasteiger partial charge in [-0.05, 0) is 69.4 Å².